The van der Waals surface area contributed by atoms with Crippen LogP contribution in [0.25, 0.3) is 0 Å². The Morgan fingerprint density at radius 1 is 1.44 bits per heavy atom. The Balaban J connectivity index is 1.79. The third kappa shape index (κ3) is 3.99. The van der Waals surface area contributed by atoms with E-state index in [1.807, 2.05) is 13.8 Å². The Morgan fingerprint density at radius 3 is 2.89 bits per heavy atom. The minimum Gasteiger partial charge on any atom is -0.331 e. The number of anilines is 2. The average molecular weight is 376 g/mol. The minimum absolute atomic E-state index is 0.0979. The molecule has 1 aliphatic heterocycles. The van der Waals surface area contributed by atoms with Crippen LogP contribution < -0.4 is 15.5 Å². The van der Waals surface area contributed by atoms with Crippen molar-refractivity contribution in [1.82, 2.24) is 10.3 Å². The molecule has 27 heavy (non-hydrogen) atoms. The van der Waals surface area contributed by atoms with Crippen LogP contribution in [0.1, 0.15) is 26.7 Å². The van der Waals surface area contributed by atoms with Crippen LogP contribution in [0.4, 0.5) is 25.1 Å². The number of nitrogens with one attached hydrogen (secondary N) is 2. The second-order valence-electron chi connectivity index (χ2n) is 6.73. The second-order valence-corrected chi connectivity index (χ2v) is 6.73. The van der Waals surface area contributed by atoms with Gasteiger partial charge in [-0.3, -0.25) is 9.69 Å². The van der Waals surface area contributed by atoms with Crippen molar-refractivity contribution in [2.24, 2.45) is 5.92 Å². The lowest BCUT2D eigenvalue weighted by Crippen LogP contribution is -2.51. The summed E-state index contributed by atoms with van der Waals surface area (Å²) >= 11 is 0. The Labute approximate surface area is 156 Å². The van der Waals surface area contributed by atoms with Gasteiger partial charge < -0.3 is 10.6 Å². The maximum atomic E-state index is 12.9. The minimum atomic E-state index is -2.46. The summed E-state index contributed by atoms with van der Waals surface area (Å²) < 4.78 is 25.8. The molecule has 0 bridgehead atoms. The number of amides is 3. The molecule has 2 atom stereocenters. The van der Waals surface area contributed by atoms with Gasteiger partial charge in [-0.15, -0.1) is 0 Å². The van der Waals surface area contributed by atoms with E-state index in [0.29, 0.717) is 17.9 Å². The first-order valence-electron chi connectivity index (χ1n) is 8.92. The lowest BCUT2D eigenvalue weighted by atomic mass is 9.84. The molecule has 2 unspecified atom stereocenters. The molecule has 0 spiro atoms. The van der Waals surface area contributed by atoms with Crippen molar-refractivity contribution < 1.29 is 18.4 Å². The van der Waals surface area contributed by atoms with Gasteiger partial charge in [-0.25, -0.2) is 18.6 Å². The Hall–Kier alpha value is -2.77. The second kappa shape index (κ2) is 7.85. The van der Waals surface area contributed by atoms with Gasteiger partial charge in [0.1, 0.15) is 6.54 Å². The summed E-state index contributed by atoms with van der Waals surface area (Å²) in [4.78, 5) is 30.2. The van der Waals surface area contributed by atoms with Gasteiger partial charge in [0.25, 0.3) is 6.43 Å². The topological polar surface area (TPSA) is 74.3 Å². The van der Waals surface area contributed by atoms with Crippen molar-refractivity contribution in [3.8, 4) is 0 Å². The van der Waals surface area contributed by atoms with Crippen LogP contribution in [0.15, 0.2) is 41.6 Å². The van der Waals surface area contributed by atoms with E-state index in [1.54, 1.807) is 24.4 Å². The molecule has 0 fully saturated rings. The van der Waals surface area contributed by atoms with Crippen molar-refractivity contribution in [1.29, 1.82) is 0 Å². The van der Waals surface area contributed by atoms with E-state index >= 15 is 0 Å². The first kappa shape index (κ1) is 19.0. The van der Waals surface area contributed by atoms with Gasteiger partial charge in [-0.2, -0.15) is 0 Å². The molecule has 3 amide bonds. The van der Waals surface area contributed by atoms with Crippen molar-refractivity contribution in [2.45, 2.75) is 39.2 Å². The molecule has 0 aromatic carbocycles. The maximum Gasteiger partial charge on any atom is 0.324 e. The lowest BCUT2D eigenvalue weighted by Gasteiger charge is -2.32. The fourth-order valence-electron chi connectivity index (χ4n) is 3.46. The van der Waals surface area contributed by atoms with Crippen LogP contribution in [-0.4, -0.2) is 35.9 Å². The summed E-state index contributed by atoms with van der Waals surface area (Å²) in [6, 6.07) is 2.62. The van der Waals surface area contributed by atoms with E-state index in [-0.39, 0.29) is 36.4 Å². The number of allylic oxidation sites excluding steroid dienone is 3. The van der Waals surface area contributed by atoms with E-state index in [9.17, 15) is 18.4 Å². The number of nitrogens with zero attached hydrogens (tertiary/aromatic N) is 2. The molecule has 0 saturated carbocycles. The summed E-state index contributed by atoms with van der Waals surface area (Å²) in [6.45, 7) is 3.66. The molecule has 1 aromatic rings. The zero-order valence-electron chi connectivity index (χ0n) is 15.2. The fraction of sp³-hybridized carbons (Fsp3) is 0.421. The largest absolute Gasteiger partial charge is 0.331 e. The molecule has 144 valence electrons. The highest BCUT2D eigenvalue weighted by atomic mass is 19.3. The molecule has 0 saturated heterocycles. The third-order valence-electron chi connectivity index (χ3n) is 4.85. The molecular weight excluding hydrogens is 354 g/mol. The fourth-order valence-corrected chi connectivity index (χ4v) is 3.46. The Morgan fingerprint density at radius 2 is 2.22 bits per heavy atom. The van der Waals surface area contributed by atoms with Gasteiger partial charge in [0, 0.05) is 6.20 Å². The van der Waals surface area contributed by atoms with Gasteiger partial charge in [-0.05, 0) is 42.0 Å². The quantitative estimate of drug-likeness (QED) is 0.845. The van der Waals surface area contributed by atoms with Crippen LogP contribution in [0.5, 0.6) is 0 Å². The smallest absolute Gasteiger partial charge is 0.324 e. The van der Waals surface area contributed by atoms with Gasteiger partial charge in [0.15, 0.2) is 5.82 Å². The van der Waals surface area contributed by atoms with Crippen LogP contribution in [0, 0.1) is 5.92 Å². The normalized spacial score (nSPS) is 20.4. The van der Waals surface area contributed by atoms with Crippen LogP contribution in [0.3, 0.4) is 0 Å². The molecule has 8 heteroatoms. The summed E-state index contributed by atoms with van der Waals surface area (Å²) in [6.07, 6.45) is 3.09. The third-order valence-corrected chi connectivity index (χ3v) is 4.85. The van der Waals surface area contributed by atoms with E-state index in [2.05, 4.69) is 15.6 Å². The van der Waals surface area contributed by atoms with E-state index in [0.717, 1.165) is 5.57 Å². The number of pyridine rings is 1. The molecular formula is C19H22F2N4O2. The van der Waals surface area contributed by atoms with Gasteiger partial charge >= 0.3 is 6.03 Å². The predicted molar refractivity (Wildman–Crippen MR) is 98.8 cm³/mol. The number of rotatable bonds is 4. The number of aromatic nitrogens is 1. The zero-order chi connectivity index (χ0) is 19.6. The predicted octanol–water partition coefficient (Wildman–Crippen LogP) is 3.49. The summed E-state index contributed by atoms with van der Waals surface area (Å²) in [5.74, 6) is -0.0113. The van der Waals surface area contributed by atoms with E-state index < -0.39 is 12.5 Å². The molecule has 1 aliphatic carbocycles. The van der Waals surface area contributed by atoms with Crippen molar-refractivity contribution >= 4 is 23.4 Å². The van der Waals surface area contributed by atoms with Crippen molar-refractivity contribution in [3.05, 3.63) is 41.6 Å². The monoisotopic (exact) mass is 376 g/mol. The highest BCUT2D eigenvalue weighted by Gasteiger charge is 2.31. The molecule has 0 radical (unpaired) electrons. The number of hydrogen-bond donors (Lipinski definition) is 2. The standard InChI is InChI=1S/C19H22F2N4O2/c1-3-14(13-7-6-12(17(20)21)9-11(13)2)24-19(27)25-10-16(26)23-15-5-4-8-22-18(15)25/h4-8,11,14,17H,3,9-10H2,1-2H3,(H,23,26)(H,24,27). The number of carbonyl (C=O) groups excluding carboxylic acids is 2. The Bertz CT molecular complexity index is 807. The summed E-state index contributed by atoms with van der Waals surface area (Å²) in [7, 11) is 0. The van der Waals surface area contributed by atoms with Gasteiger partial charge in [-0.1, -0.05) is 26.0 Å². The van der Waals surface area contributed by atoms with E-state index in [1.165, 1.54) is 11.0 Å². The summed E-state index contributed by atoms with van der Waals surface area (Å²) in [5.41, 5.74) is 1.49. The molecule has 6 nitrogen and oxygen atoms in total. The number of halogens is 2. The van der Waals surface area contributed by atoms with E-state index in [4.69, 9.17) is 0 Å². The molecule has 1 aromatic heterocycles. The highest BCUT2D eigenvalue weighted by Crippen LogP contribution is 2.31. The van der Waals surface area contributed by atoms with Crippen LogP contribution in [0.2, 0.25) is 0 Å². The lowest BCUT2D eigenvalue weighted by molar-refractivity contribution is -0.115. The number of hydrogen-bond acceptors (Lipinski definition) is 3. The number of urea groups is 1. The molecule has 2 N–H and O–H groups in total. The van der Waals surface area contributed by atoms with Gasteiger partial charge in [0.2, 0.25) is 5.91 Å². The average Bonchev–Trinajstić information content (AvgIpc) is 2.65. The maximum absolute atomic E-state index is 12.9. The molecule has 3 rings (SSSR count). The first-order chi connectivity index (χ1) is 12.9. The Kier molecular flexibility index (Phi) is 5.53. The van der Waals surface area contributed by atoms with Crippen molar-refractivity contribution in [3.63, 3.8) is 0 Å². The van der Waals surface area contributed by atoms with Crippen molar-refractivity contribution in [2.75, 3.05) is 16.8 Å². The summed E-state index contributed by atoms with van der Waals surface area (Å²) in [5, 5.41) is 5.61. The number of alkyl halides is 2. The number of carbonyl (C=O) groups is 2. The highest BCUT2D eigenvalue weighted by molar-refractivity contribution is 6.08. The van der Waals surface area contributed by atoms with Crippen LogP contribution >= 0.6 is 0 Å². The van der Waals surface area contributed by atoms with Crippen LogP contribution in [-0.2, 0) is 4.79 Å². The first-order valence-corrected chi connectivity index (χ1v) is 8.92. The molecule has 2 aliphatic rings. The SMILES string of the molecule is CCC(NC(=O)N1CC(=O)Nc2cccnc21)C1=CC=C(C(F)F)CC1C. The molecule has 2 heterocycles. The zero-order valence-corrected chi connectivity index (χ0v) is 15.2. The number of fused-ring (bicyclic) bond motifs is 1. The van der Waals surface area contributed by atoms with Gasteiger partial charge in [0.05, 0.1) is 11.7 Å².